The van der Waals surface area contributed by atoms with Crippen LogP contribution in [0.25, 0.3) is 0 Å². The average molecular weight is 293 g/mol. The quantitative estimate of drug-likeness (QED) is 0.849. The smallest absolute Gasteiger partial charge is 0.308 e. The molecule has 0 saturated carbocycles. The number of para-hydroxylation sites is 2. The van der Waals surface area contributed by atoms with Crippen molar-refractivity contribution in [1.29, 1.82) is 0 Å². The van der Waals surface area contributed by atoms with Gasteiger partial charge in [0.05, 0.1) is 25.1 Å². The Balaban J connectivity index is 1.86. The minimum Gasteiger partial charge on any atom is -0.493 e. The van der Waals surface area contributed by atoms with Crippen LogP contribution in [0.15, 0.2) is 30.5 Å². The lowest BCUT2D eigenvalue weighted by Crippen LogP contribution is -2.02. The van der Waals surface area contributed by atoms with Crippen LogP contribution in [0.3, 0.4) is 0 Å². The first-order chi connectivity index (χ1) is 9.69. The molecule has 1 N–H and O–H groups in total. The summed E-state index contributed by atoms with van der Waals surface area (Å²) in [6.07, 6.45) is 2.27. The molecule has 0 bridgehead atoms. The molecule has 0 aliphatic heterocycles. The van der Waals surface area contributed by atoms with Crippen molar-refractivity contribution in [3.63, 3.8) is 0 Å². The summed E-state index contributed by atoms with van der Waals surface area (Å²) in [7, 11) is 1.60. The van der Waals surface area contributed by atoms with E-state index >= 15 is 0 Å². The second-order valence-electron chi connectivity index (χ2n) is 4.04. The lowest BCUT2D eigenvalue weighted by atomic mass is 10.3. The van der Waals surface area contributed by atoms with Gasteiger partial charge in [0.15, 0.2) is 11.5 Å². The number of rotatable bonds is 7. The third-order valence-corrected chi connectivity index (χ3v) is 3.63. The molecule has 1 aromatic carbocycles. The molecule has 6 heteroatoms. The van der Waals surface area contributed by atoms with Gasteiger partial charge in [-0.15, -0.1) is 11.3 Å². The Bertz CT molecular complexity index is 582. The Labute approximate surface area is 120 Å². The van der Waals surface area contributed by atoms with Gasteiger partial charge in [0, 0.05) is 17.5 Å². The first-order valence-electron chi connectivity index (χ1n) is 6.10. The Morgan fingerprint density at radius 3 is 2.80 bits per heavy atom. The first-order valence-corrected chi connectivity index (χ1v) is 6.92. The first kappa shape index (κ1) is 14.3. The Morgan fingerprint density at radius 1 is 1.35 bits per heavy atom. The van der Waals surface area contributed by atoms with Crippen LogP contribution in [-0.4, -0.2) is 29.8 Å². The zero-order valence-electron chi connectivity index (χ0n) is 11.0. The topological polar surface area (TPSA) is 68.7 Å². The maximum atomic E-state index is 10.6. The van der Waals surface area contributed by atoms with Crippen molar-refractivity contribution in [3.8, 4) is 11.5 Å². The zero-order valence-corrected chi connectivity index (χ0v) is 11.9. The molecule has 106 valence electrons. The van der Waals surface area contributed by atoms with Crippen LogP contribution in [0.5, 0.6) is 11.5 Å². The molecule has 0 spiro atoms. The highest BCUT2D eigenvalue weighted by molar-refractivity contribution is 7.11. The summed E-state index contributed by atoms with van der Waals surface area (Å²) < 4.78 is 10.8. The molecule has 0 fully saturated rings. The van der Waals surface area contributed by atoms with E-state index in [9.17, 15) is 4.79 Å². The molecule has 0 radical (unpaired) electrons. The number of aromatic nitrogens is 1. The molecular formula is C14H15NO4S. The number of methoxy groups -OCH3 is 1. The van der Waals surface area contributed by atoms with Crippen LogP contribution in [0, 0.1) is 0 Å². The van der Waals surface area contributed by atoms with Crippen molar-refractivity contribution in [2.24, 2.45) is 0 Å². The van der Waals surface area contributed by atoms with Crippen LogP contribution < -0.4 is 9.47 Å². The summed E-state index contributed by atoms with van der Waals surface area (Å²) in [6, 6.07) is 7.44. The lowest BCUT2D eigenvalue weighted by molar-refractivity contribution is -0.136. The van der Waals surface area contributed by atoms with Gasteiger partial charge in [-0.3, -0.25) is 4.79 Å². The third-order valence-electron chi connectivity index (χ3n) is 2.57. The number of benzene rings is 1. The normalized spacial score (nSPS) is 10.2. The predicted molar refractivity (Wildman–Crippen MR) is 75.6 cm³/mol. The Morgan fingerprint density at radius 2 is 2.10 bits per heavy atom. The molecule has 0 aliphatic carbocycles. The van der Waals surface area contributed by atoms with Crippen LogP contribution >= 0.6 is 11.3 Å². The van der Waals surface area contributed by atoms with Crippen molar-refractivity contribution in [1.82, 2.24) is 4.98 Å². The summed E-state index contributed by atoms with van der Waals surface area (Å²) in [6.45, 7) is 0.473. The number of nitrogens with zero attached hydrogens (tertiary/aromatic N) is 1. The molecule has 0 atom stereocenters. The number of hydrogen-bond acceptors (Lipinski definition) is 5. The summed E-state index contributed by atoms with van der Waals surface area (Å²) in [5, 5.41) is 9.57. The molecule has 0 amide bonds. The van der Waals surface area contributed by atoms with Crippen molar-refractivity contribution in [2.75, 3.05) is 13.7 Å². The van der Waals surface area contributed by atoms with Crippen molar-refractivity contribution < 1.29 is 19.4 Å². The van der Waals surface area contributed by atoms with E-state index in [-0.39, 0.29) is 6.42 Å². The minimum atomic E-state index is -0.842. The van der Waals surface area contributed by atoms with Gasteiger partial charge in [-0.1, -0.05) is 12.1 Å². The van der Waals surface area contributed by atoms with Gasteiger partial charge < -0.3 is 14.6 Å². The number of ether oxygens (including phenoxy) is 2. The van der Waals surface area contributed by atoms with Crippen LogP contribution in [0.2, 0.25) is 0 Å². The molecule has 2 rings (SSSR count). The van der Waals surface area contributed by atoms with Gasteiger partial charge in [0.1, 0.15) is 0 Å². The van der Waals surface area contributed by atoms with Gasteiger partial charge in [0.2, 0.25) is 0 Å². The van der Waals surface area contributed by atoms with Gasteiger partial charge in [-0.05, 0) is 12.1 Å². The fourth-order valence-electron chi connectivity index (χ4n) is 1.68. The fourth-order valence-corrected chi connectivity index (χ4v) is 2.58. The fraction of sp³-hybridized carbons (Fsp3) is 0.286. The van der Waals surface area contributed by atoms with Gasteiger partial charge in [-0.25, -0.2) is 4.98 Å². The van der Waals surface area contributed by atoms with E-state index in [1.807, 2.05) is 24.3 Å². The van der Waals surface area contributed by atoms with Crippen LogP contribution in [-0.2, 0) is 17.6 Å². The molecule has 5 nitrogen and oxygen atoms in total. The molecule has 0 unspecified atom stereocenters. The predicted octanol–water partition coefficient (Wildman–Crippen LogP) is 2.40. The second-order valence-corrected chi connectivity index (χ2v) is 5.24. The molecule has 1 aromatic heterocycles. The Hall–Kier alpha value is -2.08. The summed E-state index contributed by atoms with van der Waals surface area (Å²) in [5.41, 5.74) is 0. The number of carboxylic acids is 1. The van der Waals surface area contributed by atoms with E-state index in [2.05, 4.69) is 4.98 Å². The molecule has 20 heavy (non-hydrogen) atoms. The summed E-state index contributed by atoms with van der Waals surface area (Å²) in [5.74, 6) is 0.543. The van der Waals surface area contributed by atoms with Crippen molar-refractivity contribution in [2.45, 2.75) is 12.8 Å². The van der Waals surface area contributed by atoms with E-state index in [0.717, 1.165) is 9.88 Å². The lowest BCUT2D eigenvalue weighted by Gasteiger charge is -2.09. The summed E-state index contributed by atoms with van der Waals surface area (Å²) in [4.78, 5) is 15.5. The van der Waals surface area contributed by atoms with E-state index < -0.39 is 5.97 Å². The SMILES string of the molecule is COc1ccccc1OCCc1ncc(CC(=O)O)s1. The number of aliphatic carboxylic acids is 1. The van der Waals surface area contributed by atoms with Gasteiger partial charge in [0.25, 0.3) is 0 Å². The standard InChI is InChI=1S/C14H15NO4S/c1-18-11-4-2-3-5-12(11)19-7-6-13-15-9-10(20-13)8-14(16)17/h2-5,9H,6-8H2,1H3,(H,16,17). The van der Waals surface area contributed by atoms with Gasteiger partial charge in [-0.2, -0.15) is 0 Å². The largest absolute Gasteiger partial charge is 0.493 e. The van der Waals surface area contributed by atoms with Gasteiger partial charge >= 0.3 is 5.97 Å². The second kappa shape index (κ2) is 6.91. The van der Waals surface area contributed by atoms with E-state index in [1.165, 1.54) is 11.3 Å². The average Bonchev–Trinajstić information content (AvgIpc) is 2.86. The maximum Gasteiger partial charge on any atom is 0.308 e. The van der Waals surface area contributed by atoms with E-state index in [0.29, 0.717) is 24.5 Å². The highest BCUT2D eigenvalue weighted by Crippen LogP contribution is 2.26. The highest BCUT2D eigenvalue weighted by atomic mass is 32.1. The summed E-state index contributed by atoms with van der Waals surface area (Å²) >= 11 is 1.40. The molecular weight excluding hydrogens is 278 g/mol. The number of hydrogen-bond donors (Lipinski definition) is 1. The van der Waals surface area contributed by atoms with E-state index in [4.69, 9.17) is 14.6 Å². The zero-order chi connectivity index (χ0) is 14.4. The molecule has 1 heterocycles. The molecule has 0 saturated heterocycles. The van der Waals surface area contributed by atoms with Crippen molar-refractivity contribution >= 4 is 17.3 Å². The number of thiazole rings is 1. The monoisotopic (exact) mass is 293 g/mol. The maximum absolute atomic E-state index is 10.6. The van der Waals surface area contributed by atoms with Crippen LogP contribution in [0.1, 0.15) is 9.88 Å². The van der Waals surface area contributed by atoms with E-state index in [1.54, 1.807) is 13.3 Å². The molecule has 2 aromatic rings. The Kier molecular flexibility index (Phi) is 4.95. The van der Waals surface area contributed by atoms with Crippen molar-refractivity contribution in [3.05, 3.63) is 40.3 Å². The third kappa shape index (κ3) is 3.96. The molecule has 0 aliphatic rings. The number of carbonyl (C=O) groups is 1. The minimum absolute atomic E-state index is 0.0189. The number of carboxylic acid groups (broad SMARTS) is 1. The highest BCUT2D eigenvalue weighted by Gasteiger charge is 2.07. The van der Waals surface area contributed by atoms with Crippen LogP contribution in [0.4, 0.5) is 0 Å².